The summed E-state index contributed by atoms with van der Waals surface area (Å²) in [4.78, 5) is 39.4. The van der Waals surface area contributed by atoms with Crippen molar-refractivity contribution in [1.82, 2.24) is 0 Å². The standard InChI is InChI=1S/C31H35F2N3O5/c1-16-12-17(2)26(18(3)13-16)36-29(40)35-25-15-21(20-9-11-23(32)24(33)14-20)8-10-22(25)27(37)31(34,28(38)39)19(4)41-30(5,6)7/h8-15,19H,34H2,1-7H3,(H,38,39)(H2,35,36,40)/t19-,31-/m1/s1. The van der Waals surface area contributed by atoms with E-state index in [-0.39, 0.29) is 16.8 Å². The number of carbonyl (C=O) groups excluding carboxylic acids is 2. The Bertz CT molecular complexity index is 1490. The Balaban J connectivity index is 2.11. The molecule has 3 aromatic rings. The number of anilines is 2. The van der Waals surface area contributed by atoms with Crippen LogP contribution in [0.4, 0.5) is 25.0 Å². The number of carboxylic acid groups (broad SMARTS) is 1. The molecule has 2 amide bonds. The number of urea groups is 1. The van der Waals surface area contributed by atoms with Crippen LogP contribution in [0, 0.1) is 32.4 Å². The maximum atomic E-state index is 14.0. The predicted octanol–water partition coefficient (Wildman–Crippen LogP) is 6.37. The highest BCUT2D eigenvalue weighted by Gasteiger charge is 2.50. The first kappa shape index (κ1) is 31.4. The fourth-order valence-corrected chi connectivity index (χ4v) is 4.65. The first-order chi connectivity index (χ1) is 18.9. The highest BCUT2D eigenvalue weighted by molar-refractivity contribution is 6.20. The van der Waals surface area contributed by atoms with Crippen molar-refractivity contribution in [3.8, 4) is 11.1 Å². The van der Waals surface area contributed by atoms with Gasteiger partial charge in [-0.05, 0) is 95.0 Å². The van der Waals surface area contributed by atoms with Gasteiger partial charge in [-0.1, -0.05) is 29.8 Å². The molecular formula is C31H35F2N3O5. The number of aryl methyl sites for hydroxylation is 3. The Morgan fingerprint density at radius 3 is 1.98 bits per heavy atom. The number of Topliss-reactive ketones (excluding diaryl/α,β-unsaturated/α-hetero) is 1. The molecule has 8 nitrogen and oxygen atoms in total. The first-order valence-corrected chi connectivity index (χ1v) is 12.9. The highest BCUT2D eigenvalue weighted by atomic mass is 19.2. The van der Waals surface area contributed by atoms with Crippen LogP contribution in [0.25, 0.3) is 11.1 Å². The monoisotopic (exact) mass is 567 g/mol. The van der Waals surface area contributed by atoms with Crippen molar-refractivity contribution < 1.29 is 33.0 Å². The Kier molecular flexibility index (Phi) is 9.00. The molecule has 0 saturated heterocycles. The predicted molar refractivity (Wildman–Crippen MR) is 154 cm³/mol. The Morgan fingerprint density at radius 1 is 0.878 bits per heavy atom. The van der Waals surface area contributed by atoms with E-state index >= 15 is 0 Å². The van der Waals surface area contributed by atoms with E-state index in [1.54, 1.807) is 20.8 Å². The molecule has 5 N–H and O–H groups in total. The summed E-state index contributed by atoms with van der Waals surface area (Å²) in [7, 11) is 0. The molecule has 0 aliphatic rings. The number of halogens is 2. The number of ether oxygens (including phenoxy) is 1. The summed E-state index contributed by atoms with van der Waals surface area (Å²) in [5.41, 5.74) is 6.38. The zero-order chi connectivity index (χ0) is 30.9. The van der Waals surface area contributed by atoms with Crippen LogP contribution in [-0.2, 0) is 9.53 Å². The number of aliphatic carboxylic acids is 1. The Hall–Kier alpha value is -4.15. The number of carboxylic acids is 1. The average Bonchev–Trinajstić information content (AvgIpc) is 2.85. The molecule has 0 spiro atoms. The fraction of sp³-hybridized carbons (Fsp3) is 0.323. The van der Waals surface area contributed by atoms with E-state index in [2.05, 4.69) is 10.6 Å². The van der Waals surface area contributed by atoms with Crippen molar-refractivity contribution in [2.45, 2.75) is 65.7 Å². The maximum absolute atomic E-state index is 14.0. The van der Waals surface area contributed by atoms with E-state index in [9.17, 15) is 28.3 Å². The largest absolute Gasteiger partial charge is 0.479 e. The second-order valence-corrected chi connectivity index (χ2v) is 11.1. The SMILES string of the molecule is Cc1cc(C)c(NC(=O)Nc2cc(-c3ccc(F)c(F)c3)ccc2C(=O)[C@@](N)(C(=O)O)[C@@H](C)OC(C)(C)C)c(C)c1. The van der Waals surface area contributed by atoms with Gasteiger partial charge in [0, 0.05) is 11.3 Å². The number of carbonyl (C=O) groups is 3. The number of ketones is 1. The lowest BCUT2D eigenvalue weighted by atomic mass is 9.84. The number of hydrogen-bond acceptors (Lipinski definition) is 5. The molecular weight excluding hydrogens is 532 g/mol. The third-order valence-corrected chi connectivity index (χ3v) is 6.58. The molecule has 0 radical (unpaired) electrons. The molecule has 0 aliphatic carbocycles. The van der Waals surface area contributed by atoms with E-state index in [4.69, 9.17) is 10.5 Å². The van der Waals surface area contributed by atoms with Crippen molar-refractivity contribution in [2.24, 2.45) is 5.73 Å². The molecule has 2 atom stereocenters. The van der Waals surface area contributed by atoms with E-state index in [1.807, 2.05) is 32.9 Å². The van der Waals surface area contributed by atoms with Gasteiger partial charge in [-0.25, -0.2) is 18.4 Å². The number of nitrogens with two attached hydrogens (primary N) is 1. The quantitative estimate of drug-likeness (QED) is 0.185. The van der Waals surface area contributed by atoms with Crippen LogP contribution in [0.5, 0.6) is 0 Å². The molecule has 41 heavy (non-hydrogen) atoms. The summed E-state index contributed by atoms with van der Waals surface area (Å²) >= 11 is 0. The number of amides is 2. The molecule has 0 heterocycles. The van der Waals surface area contributed by atoms with Gasteiger partial charge < -0.3 is 26.2 Å². The third kappa shape index (κ3) is 6.96. The minimum Gasteiger partial charge on any atom is -0.479 e. The second-order valence-electron chi connectivity index (χ2n) is 11.1. The van der Waals surface area contributed by atoms with Gasteiger partial charge >= 0.3 is 12.0 Å². The van der Waals surface area contributed by atoms with Crippen LogP contribution >= 0.6 is 0 Å². The van der Waals surface area contributed by atoms with E-state index in [1.165, 1.54) is 31.2 Å². The molecule has 3 rings (SSSR count). The molecule has 218 valence electrons. The van der Waals surface area contributed by atoms with Crippen LogP contribution < -0.4 is 16.4 Å². The van der Waals surface area contributed by atoms with Crippen molar-refractivity contribution in [3.63, 3.8) is 0 Å². The van der Waals surface area contributed by atoms with Gasteiger partial charge in [0.15, 0.2) is 17.4 Å². The average molecular weight is 568 g/mol. The summed E-state index contributed by atoms with van der Waals surface area (Å²) in [6.45, 7) is 12.1. The Labute approximate surface area is 237 Å². The van der Waals surface area contributed by atoms with Gasteiger partial charge in [-0.15, -0.1) is 0 Å². The molecule has 0 unspecified atom stereocenters. The number of rotatable bonds is 8. The maximum Gasteiger partial charge on any atom is 0.334 e. The van der Waals surface area contributed by atoms with Crippen molar-refractivity contribution in [3.05, 3.63) is 82.4 Å². The first-order valence-electron chi connectivity index (χ1n) is 12.9. The normalized spacial score (nSPS) is 13.7. The molecule has 0 fully saturated rings. The summed E-state index contributed by atoms with van der Waals surface area (Å²) in [6.07, 6.45) is -1.27. The van der Waals surface area contributed by atoms with E-state index < -0.39 is 46.7 Å². The summed E-state index contributed by atoms with van der Waals surface area (Å²) < 4.78 is 33.3. The number of benzene rings is 3. The lowest BCUT2D eigenvalue weighted by molar-refractivity contribution is -0.151. The van der Waals surface area contributed by atoms with E-state index in [0.717, 1.165) is 28.8 Å². The van der Waals surface area contributed by atoms with Crippen molar-refractivity contribution in [2.75, 3.05) is 10.6 Å². The summed E-state index contributed by atoms with van der Waals surface area (Å²) in [6, 6.07) is 10.4. The van der Waals surface area contributed by atoms with Crippen molar-refractivity contribution in [1.29, 1.82) is 0 Å². The zero-order valence-corrected chi connectivity index (χ0v) is 24.1. The van der Waals surface area contributed by atoms with Crippen LogP contribution in [-0.4, -0.2) is 40.1 Å². The molecule has 10 heteroatoms. The van der Waals surface area contributed by atoms with Gasteiger partial charge in [0.1, 0.15) is 0 Å². The summed E-state index contributed by atoms with van der Waals surface area (Å²) in [5.74, 6) is -4.76. The second kappa shape index (κ2) is 11.8. The summed E-state index contributed by atoms with van der Waals surface area (Å²) in [5, 5.41) is 15.5. The van der Waals surface area contributed by atoms with Crippen LogP contribution in [0.1, 0.15) is 54.7 Å². The fourth-order valence-electron chi connectivity index (χ4n) is 4.65. The molecule has 0 aliphatic heterocycles. The number of hydrogen-bond donors (Lipinski definition) is 4. The van der Waals surface area contributed by atoms with Gasteiger partial charge in [0.05, 0.1) is 17.4 Å². The van der Waals surface area contributed by atoms with Gasteiger partial charge in [-0.2, -0.15) is 0 Å². The van der Waals surface area contributed by atoms with Crippen LogP contribution in [0.2, 0.25) is 0 Å². The minimum atomic E-state index is -2.52. The van der Waals surface area contributed by atoms with Gasteiger partial charge in [0.2, 0.25) is 5.54 Å². The number of nitrogens with one attached hydrogen (secondary N) is 2. The van der Waals surface area contributed by atoms with E-state index in [0.29, 0.717) is 11.3 Å². The smallest absolute Gasteiger partial charge is 0.334 e. The zero-order valence-electron chi connectivity index (χ0n) is 24.1. The lowest BCUT2D eigenvalue weighted by Crippen LogP contribution is -2.64. The molecule has 0 aromatic heterocycles. The molecule has 3 aromatic carbocycles. The van der Waals surface area contributed by atoms with Crippen molar-refractivity contribution >= 4 is 29.2 Å². The Morgan fingerprint density at radius 2 is 1.44 bits per heavy atom. The third-order valence-electron chi connectivity index (χ3n) is 6.58. The lowest BCUT2D eigenvalue weighted by Gasteiger charge is -2.35. The minimum absolute atomic E-state index is 0.0869. The topological polar surface area (TPSA) is 131 Å². The molecule has 0 bridgehead atoms. The van der Waals surface area contributed by atoms with Crippen LogP contribution in [0.3, 0.4) is 0 Å². The van der Waals surface area contributed by atoms with Crippen LogP contribution in [0.15, 0.2) is 48.5 Å². The van der Waals surface area contributed by atoms with Gasteiger partial charge in [-0.3, -0.25) is 4.79 Å². The molecule has 0 saturated carbocycles. The highest BCUT2D eigenvalue weighted by Crippen LogP contribution is 2.32. The van der Waals surface area contributed by atoms with Gasteiger partial charge in [0.25, 0.3) is 0 Å².